The maximum atomic E-state index is 13.0. The number of halogens is 5. The van der Waals surface area contributed by atoms with Crippen LogP contribution in [0.15, 0.2) is 54.7 Å². The summed E-state index contributed by atoms with van der Waals surface area (Å²) in [6, 6.07) is 2.55. The first-order valence-corrected chi connectivity index (χ1v) is 9.84. The molecule has 0 aliphatic heterocycles. The number of hydrogen-bond acceptors (Lipinski definition) is 3. The molecule has 1 aromatic carbocycles. The number of nitrogens with one attached hydrogen (secondary N) is 2. The molecule has 1 saturated carbocycles. The van der Waals surface area contributed by atoms with Crippen LogP contribution in [0, 0.1) is 5.92 Å². The largest absolute Gasteiger partial charge is 0.416 e. The third-order valence-corrected chi connectivity index (χ3v) is 5.26. The Kier molecular flexibility index (Phi) is 8.34. The van der Waals surface area contributed by atoms with Gasteiger partial charge in [-0.3, -0.25) is 4.79 Å². The zero-order chi connectivity index (χ0) is 22.3. The molecule has 164 valence electrons. The second-order valence-electron chi connectivity index (χ2n) is 7.14. The van der Waals surface area contributed by atoms with Crippen molar-refractivity contribution >= 4 is 17.5 Å². The lowest BCUT2D eigenvalue weighted by Crippen LogP contribution is -2.39. The Bertz CT molecular complexity index is 828. The number of hydrogen-bond donors (Lipinski definition) is 3. The number of amides is 1. The molecule has 0 aromatic heterocycles. The molecule has 0 saturated heterocycles. The van der Waals surface area contributed by atoms with Gasteiger partial charge >= 0.3 is 6.18 Å². The van der Waals surface area contributed by atoms with Crippen LogP contribution in [0.1, 0.15) is 41.6 Å². The molecular formula is C21H24ClF4N3O. The highest BCUT2D eigenvalue weighted by atomic mass is 35.5. The molecular weight excluding hydrogens is 422 g/mol. The van der Waals surface area contributed by atoms with Gasteiger partial charge in [0.2, 0.25) is 0 Å². The molecule has 0 heterocycles. The number of nitrogens with two attached hydrogens (primary N) is 1. The van der Waals surface area contributed by atoms with Crippen molar-refractivity contribution in [2.75, 3.05) is 6.54 Å². The van der Waals surface area contributed by atoms with Crippen LogP contribution in [0.25, 0.3) is 0 Å². The van der Waals surface area contributed by atoms with Crippen LogP contribution < -0.4 is 16.4 Å². The van der Waals surface area contributed by atoms with Gasteiger partial charge in [-0.1, -0.05) is 18.2 Å². The summed E-state index contributed by atoms with van der Waals surface area (Å²) >= 11 is 5.92. The Morgan fingerprint density at radius 1 is 1.23 bits per heavy atom. The summed E-state index contributed by atoms with van der Waals surface area (Å²) in [6.07, 6.45) is 2.13. The van der Waals surface area contributed by atoms with Crippen LogP contribution in [0.3, 0.4) is 0 Å². The van der Waals surface area contributed by atoms with Crippen molar-refractivity contribution in [2.24, 2.45) is 11.7 Å². The SMILES string of the molecule is C=C/C(F)=C\C=C(/N)NCC1CCC(NC(=O)c2cc(C(F)(F)F)ccc2Cl)CC1. The van der Waals surface area contributed by atoms with Gasteiger partial charge in [-0.2, -0.15) is 13.2 Å². The highest BCUT2D eigenvalue weighted by Gasteiger charge is 2.32. The van der Waals surface area contributed by atoms with Gasteiger partial charge in [0.15, 0.2) is 0 Å². The molecule has 4 nitrogen and oxygen atoms in total. The van der Waals surface area contributed by atoms with E-state index in [4.69, 9.17) is 17.3 Å². The standard InChI is InChI=1S/C21H24ClF4N3O/c1-2-15(23)6-10-19(27)28-12-13-3-7-16(8-4-13)29-20(30)17-11-14(21(24,25)26)5-9-18(17)22/h2,5-6,9-11,13,16,28H,1,3-4,7-8,12,27H2,(H,29,30)/b15-6+,19-10+. The summed E-state index contributed by atoms with van der Waals surface area (Å²) in [7, 11) is 0. The van der Waals surface area contributed by atoms with Crippen molar-refractivity contribution in [3.05, 3.63) is 70.8 Å². The van der Waals surface area contributed by atoms with Crippen LogP contribution >= 0.6 is 11.6 Å². The molecule has 30 heavy (non-hydrogen) atoms. The minimum absolute atomic E-state index is 0.0254. The minimum Gasteiger partial charge on any atom is -0.386 e. The van der Waals surface area contributed by atoms with E-state index in [2.05, 4.69) is 17.2 Å². The van der Waals surface area contributed by atoms with Gasteiger partial charge in [0.1, 0.15) is 5.83 Å². The van der Waals surface area contributed by atoms with Crippen molar-refractivity contribution in [1.82, 2.24) is 10.6 Å². The number of benzene rings is 1. The highest BCUT2D eigenvalue weighted by molar-refractivity contribution is 6.33. The van der Waals surface area contributed by atoms with Crippen LogP contribution in [0.5, 0.6) is 0 Å². The average molecular weight is 446 g/mol. The maximum absolute atomic E-state index is 13.0. The first kappa shape index (κ1) is 23.8. The van der Waals surface area contributed by atoms with Gasteiger partial charge in [-0.05, 0) is 68.0 Å². The molecule has 2 rings (SSSR count). The van der Waals surface area contributed by atoms with Crippen LogP contribution in [0.4, 0.5) is 17.6 Å². The molecule has 0 atom stereocenters. The van der Waals surface area contributed by atoms with E-state index >= 15 is 0 Å². The zero-order valence-electron chi connectivity index (χ0n) is 16.2. The lowest BCUT2D eigenvalue weighted by molar-refractivity contribution is -0.137. The number of allylic oxidation sites excluding steroid dienone is 4. The number of carbonyl (C=O) groups excluding carboxylic acids is 1. The van der Waals surface area contributed by atoms with Crippen molar-refractivity contribution in [1.29, 1.82) is 0 Å². The van der Waals surface area contributed by atoms with Crippen LogP contribution in [-0.2, 0) is 6.18 Å². The van der Waals surface area contributed by atoms with Gasteiger partial charge in [-0.25, -0.2) is 4.39 Å². The molecule has 1 aliphatic rings. The summed E-state index contributed by atoms with van der Waals surface area (Å²) < 4.78 is 51.6. The average Bonchev–Trinajstić information content (AvgIpc) is 2.70. The normalized spacial score (nSPS) is 20.6. The second kappa shape index (κ2) is 10.5. The monoisotopic (exact) mass is 445 g/mol. The van der Waals surface area contributed by atoms with E-state index in [0.717, 1.165) is 37.1 Å². The molecule has 0 radical (unpaired) electrons. The van der Waals surface area contributed by atoms with Gasteiger partial charge < -0.3 is 16.4 Å². The quantitative estimate of drug-likeness (QED) is 0.405. The van der Waals surface area contributed by atoms with E-state index in [1.807, 2.05) is 0 Å². The zero-order valence-corrected chi connectivity index (χ0v) is 17.0. The molecule has 4 N–H and O–H groups in total. The van der Waals surface area contributed by atoms with Crippen molar-refractivity contribution in [2.45, 2.75) is 37.9 Å². The molecule has 0 unspecified atom stereocenters. The predicted octanol–water partition coefficient (Wildman–Crippen LogP) is 5.08. The van der Waals surface area contributed by atoms with Gasteiger partial charge in [-0.15, -0.1) is 0 Å². The minimum atomic E-state index is -4.55. The Labute approximate surface area is 177 Å². The third-order valence-electron chi connectivity index (χ3n) is 4.93. The lowest BCUT2D eigenvalue weighted by Gasteiger charge is -2.29. The number of rotatable bonds is 7. The van der Waals surface area contributed by atoms with E-state index in [1.54, 1.807) is 0 Å². The summed E-state index contributed by atoms with van der Waals surface area (Å²) in [5.41, 5.74) is 4.66. The molecule has 1 aliphatic carbocycles. The van der Waals surface area contributed by atoms with Crippen LogP contribution in [-0.4, -0.2) is 18.5 Å². The van der Waals surface area contributed by atoms with Gasteiger partial charge in [0, 0.05) is 12.6 Å². The first-order valence-electron chi connectivity index (χ1n) is 9.47. The van der Waals surface area contributed by atoms with Gasteiger partial charge in [0.05, 0.1) is 22.0 Å². The summed E-state index contributed by atoms with van der Waals surface area (Å²) in [5.74, 6) is -0.454. The molecule has 1 aromatic rings. The van der Waals surface area contributed by atoms with E-state index < -0.39 is 23.5 Å². The Hall–Kier alpha value is -2.48. The third kappa shape index (κ3) is 7.09. The molecule has 9 heteroatoms. The fraction of sp³-hybridized carbons (Fsp3) is 0.381. The molecule has 0 spiro atoms. The topological polar surface area (TPSA) is 67.2 Å². The smallest absolute Gasteiger partial charge is 0.386 e. The van der Waals surface area contributed by atoms with E-state index in [9.17, 15) is 22.4 Å². The summed E-state index contributed by atoms with van der Waals surface area (Å²) in [5, 5.41) is 5.77. The maximum Gasteiger partial charge on any atom is 0.416 e. The Morgan fingerprint density at radius 2 is 1.90 bits per heavy atom. The molecule has 1 fully saturated rings. The lowest BCUT2D eigenvalue weighted by atomic mass is 9.86. The molecule has 0 bridgehead atoms. The summed E-state index contributed by atoms with van der Waals surface area (Å²) in [6.45, 7) is 3.91. The summed E-state index contributed by atoms with van der Waals surface area (Å²) in [4.78, 5) is 12.4. The fourth-order valence-corrected chi connectivity index (χ4v) is 3.41. The fourth-order valence-electron chi connectivity index (χ4n) is 3.21. The van der Waals surface area contributed by atoms with E-state index in [1.165, 1.54) is 12.2 Å². The van der Waals surface area contributed by atoms with Gasteiger partial charge in [0.25, 0.3) is 5.91 Å². The number of carbonyl (C=O) groups is 1. The van der Waals surface area contributed by atoms with Crippen LogP contribution in [0.2, 0.25) is 5.02 Å². The van der Waals surface area contributed by atoms with Crippen molar-refractivity contribution in [3.63, 3.8) is 0 Å². The van der Waals surface area contributed by atoms with E-state index in [-0.39, 0.29) is 16.6 Å². The van der Waals surface area contributed by atoms with E-state index in [0.29, 0.717) is 31.1 Å². The second-order valence-corrected chi connectivity index (χ2v) is 7.55. The highest BCUT2D eigenvalue weighted by Crippen LogP contribution is 2.32. The molecule has 1 amide bonds. The van der Waals surface area contributed by atoms with Crippen molar-refractivity contribution in [3.8, 4) is 0 Å². The Balaban J connectivity index is 1.85. The number of alkyl halides is 3. The first-order chi connectivity index (χ1) is 14.1. The van der Waals surface area contributed by atoms with Crippen molar-refractivity contribution < 1.29 is 22.4 Å². The Morgan fingerprint density at radius 3 is 2.50 bits per heavy atom. The predicted molar refractivity (Wildman–Crippen MR) is 109 cm³/mol.